The molecule has 2 bridgehead atoms. The number of anilines is 1. The van der Waals surface area contributed by atoms with Crippen molar-refractivity contribution in [1.82, 2.24) is 4.90 Å². The Morgan fingerprint density at radius 3 is 2.00 bits per heavy atom. The smallest absolute Gasteiger partial charge is 0.475 e. The van der Waals surface area contributed by atoms with Crippen LogP contribution in [0.25, 0.3) is 0 Å². The lowest BCUT2D eigenvalue weighted by Crippen LogP contribution is -2.49. The molecule has 0 saturated carbocycles. The summed E-state index contributed by atoms with van der Waals surface area (Å²) in [5.41, 5.74) is 1.76. The molecule has 35 heavy (non-hydrogen) atoms. The van der Waals surface area contributed by atoms with E-state index in [4.69, 9.17) is 9.90 Å². The molecule has 0 aromatic heterocycles. The summed E-state index contributed by atoms with van der Waals surface area (Å²) in [7, 11) is 0. The fourth-order valence-corrected chi connectivity index (χ4v) is 4.89. The third kappa shape index (κ3) is 4.61. The highest BCUT2D eigenvalue weighted by molar-refractivity contribution is 6.24. The maximum absolute atomic E-state index is 13.2. The molecule has 0 radical (unpaired) electrons. The van der Waals surface area contributed by atoms with Crippen molar-refractivity contribution < 1.29 is 37.5 Å². The summed E-state index contributed by atoms with van der Waals surface area (Å²) in [6.45, 7) is 0.647. The van der Waals surface area contributed by atoms with Crippen LogP contribution in [0, 0.1) is 11.8 Å². The molecule has 7 nitrogen and oxygen atoms in total. The lowest BCUT2D eigenvalue weighted by Gasteiger charge is -2.33. The van der Waals surface area contributed by atoms with Gasteiger partial charge in [0, 0.05) is 12.6 Å². The SMILES string of the molecule is O=C(O)C(F)(F)F.O=C1C=CC2C3C(=O)N(c4ccccc4)C(=O)C3C1N2CCc1ccccc1. The zero-order valence-corrected chi connectivity index (χ0v) is 18.3. The molecule has 0 spiro atoms. The number of carboxylic acid groups (broad SMARTS) is 1. The van der Waals surface area contributed by atoms with Crippen LogP contribution >= 0.6 is 0 Å². The molecule has 2 aromatic rings. The number of benzene rings is 2. The van der Waals surface area contributed by atoms with E-state index >= 15 is 0 Å². The summed E-state index contributed by atoms with van der Waals surface area (Å²) in [6, 6.07) is 18.3. The van der Waals surface area contributed by atoms with Crippen molar-refractivity contribution >= 4 is 29.3 Å². The van der Waals surface area contributed by atoms with Crippen LogP contribution in [0.5, 0.6) is 0 Å². The van der Waals surface area contributed by atoms with Crippen LogP contribution in [0.3, 0.4) is 0 Å². The zero-order chi connectivity index (χ0) is 25.3. The van der Waals surface area contributed by atoms with E-state index in [1.54, 1.807) is 18.2 Å². The van der Waals surface area contributed by atoms with Crippen LogP contribution in [0.1, 0.15) is 5.56 Å². The monoisotopic (exact) mass is 486 g/mol. The van der Waals surface area contributed by atoms with Gasteiger partial charge in [-0.2, -0.15) is 13.2 Å². The van der Waals surface area contributed by atoms with E-state index in [1.807, 2.05) is 42.5 Å². The molecule has 3 heterocycles. The molecule has 2 saturated heterocycles. The summed E-state index contributed by atoms with van der Waals surface area (Å²) < 4.78 is 31.7. The number of aliphatic carboxylic acids is 1. The van der Waals surface area contributed by atoms with Crippen LogP contribution in [-0.4, -0.2) is 58.4 Å². The van der Waals surface area contributed by atoms with E-state index in [9.17, 15) is 27.6 Å². The number of rotatable bonds is 4. The highest BCUT2D eigenvalue weighted by Crippen LogP contribution is 2.46. The van der Waals surface area contributed by atoms with E-state index in [1.165, 1.54) is 10.5 Å². The fraction of sp³-hybridized carbons (Fsp3) is 0.280. The van der Waals surface area contributed by atoms with E-state index in [-0.39, 0.29) is 23.6 Å². The molecule has 4 atom stereocenters. The minimum atomic E-state index is -5.08. The van der Waals surface area contributed by atoms with Crippen molar-refractivity contribution in [1.29, 1.82) is 0 Å². The van der Waals surface area contributed by atoms with Gasteiger partial charge >= 0.3 is 12.1 Å². The number of carbonyl (C=O) groups excluding carboxylic acids is 3. The quantitative estimate of drug-likeness (QED) is 0.668. The molecule has 5 rings (SSSR count). The molecular formula is C25H21F3N2O5. The van der Waals surface area contributed by atoms with Gasteiger partial charge in [-0.25, -0.2) is 9.69 Å². The molecule has 10 heteroatoms. The Morgan fingerprint density at radius 2 is 1.43 bits per heavy atom. The summed E-state index contributed by atoms with van der Waals surface area (Å²) in [5, 5.41) is 7.12. The number of fused-ring (bicyclic) bond motifs is 5. The molecule has 3 aliphatic rings. The number of halogens is 3. The maximum Gasteiger partial charge on any atom is 0.490 e. The first kappa shape index (κ1) is 24.3. The summed E-state index contributed by atoms with van der Waals surface area (Å²) in [5.74, 6) is -4.37. The highest BCUT2D eigenvalue weighted by atomic mass is 19.4. The molecule has 2 aromatic carbocycles. The molecule has 2 fully saturated rings. The average molecular weight is 486 g/mol. The van der Waals surface area contributed by atoms with Crippen LogP contribution < -0.4 is 4.90 Å². The Hall–Kier alpha value is -3.79. The molecule has 182 valence electrons. The number of hydrogen-bond donors (Lipinski definition) is 1. The van der Waals surface area contributed by atoms with E-state index < -0.39 is 30.0 Å². The van der Waals surface area contributed by atoms with Gasteiger partial charge in [-0.15, -0.1) is 0 Å². The number of carboxylic acids is 1. The molecule has 1 N–H and O–H groups in total. The normalized spacial score (nSPS) is 25.3. The highest BCUT2D eigenvalue weighted by Gasteiger charge is 2.64. The van der Waals surface area contributed by atoms with Crippen molar-refractivity contribution in [2.75, 3.05) is 11.4 Å². The summed E-state index contributed by atoms with van der Waals surface area (Å²) in [6.07, 6.45) is -0.937. The third-order valence-corrected chi connectivity index (χ3v) is 6.35. The first-order valence-electron chi connectivity index (χ1n) is 10.9. The van der Waals surface area contributed by atoms with Crippen molar-refractivity contribution in [2.24, 2.45) is 11.8 Å². The van der Waals surface area contributed by atoms with E-state index in [0.29, 0.717) is 12.2 Å². The predicted molar refractivity (Wildman–Crippen MR) is 118 cm³/mol. The van der Waals surface area contributed by atoms with Crippen molar-refractivity contribution in [3.63, 3.8) is 0 Å². The van der Waals surface area contributed by atoms with Gasteiger partial charge in [0.2, 0.25) is 11.8 Å². The number of carbonyl (C=O) groups is 4. The van der Waals surface area contributed by atoms with Gasteiger partial charge < -0.3 is 5.11 Å². The number of nitrogens with zero attached hydrogens (tertiary/aromatic N) is 2. The zero-order valence-electron chi connectivity index (χ0n) is 18.3. The topological polar surface area (TPSA) is 95.0 Å². The second kappa shape index (κ2) is 9.46. The Kier molecular flexibility index (Phi) is 6.58. The Labute approximate surface area is 198 Å². The lowest BCUT2D eigenvalue weighted by molar-refractivity contribution is -0.192. The van der Waals surface area contributed by atoms with Crippen molar-refractivity contribution in [3.05, 3.63) is 78.4 Å². The average Bonchev–Trinajstić information content (AvgIpc) is 3.23. The number of alkyl halides is 3. The van der Waals surface area contributed by atoms with Crippen LogP contribution in [0.2, 0.25) is 0 Å². The minimum absolute atomic E-state index is 0.0760. The van der Waals surface area contributed by atoms with Gasteiger partial charge in [0.05, 0.1) is 23.6 Å². The first-order chi connectivity index (χ1) is 16.6. The van der Waals surface area contributed by atoms with Gasteiger partial charge in [0.15, 0.2) is 5.78 Å². The molecule has 2 amide bonds. The first-order valence-corrected chi connectivity index (χ1v) is 10.9. The number of hydrogen-bond acceptors (Lipinski definition) is 5. The van der Waals surface area contributed by atoms with Crippen LogP contribution in [0.4, 0.5) is 18.9 Å². The number of para-hydroxylation sites is 1. The Morgan fingerprint density at radius 1 is 0.886 bits per heavy atom. The summed E-state index contributed by atoms with van der Waals surface area (Å²) >= 11 is 0. The third-order valence-electron chi connectivity index (χ3n) is 6.35. The number of imide groups is 1. The maximum atomic E-state index is 13.2. The van der Waals surface area contributed by atoms with Gasteiger partial charge in [0.1, 0.15) is 0 Å². The standard InChI is InChI=1S/C23H20N2O3.C2HF3O2/c26-18-12-11-17-19-20(21(18)24(17)14-13-15-7-3-1-4-8-15)23(28)25(22(19)27)16-9-5-2-6-10-16;3-2(4,5)1(6)7/h1-12,17,19-21H,13-14H2;(H,6,7). The lowest BCUT2D eigenvalue weighted by atomic mass is 9.90. The second-order valence-corrected chi connectivity index (χ2v) is 8.37. The largest absolute Gasteiger partial charge is 0.490 e. The van der Waals surface area contributed by atoms with Gasteiger partial charge in [-0.1, -0.05) is 54.6 Å². The Bertz CT molecular complexity index is 1170. The molecule has 0 aliphatic carbocycles. The van der Waals surface area contributed by atoms with Crippen molar-refractivity contribution in [2.45, 2.75) is 24.7 Å². The molecule has 3 aliphatic heterocycles. The van der Waals surface area contributed by atoms with E-state index in [2.05, 4.69) is 17.0 Å². The molecular weight excluding hydrogens is 465 g/mol. The van der Waals surface area contributed by atoms with Crippen LogP contribution in [-0.2, 0) is 25.6 Å². The van der Waals surface area contributed by atoms with Crippen LogP contribution in [0.15, 0.2) is 72.8 Å². The minimum Gasteiger partial charge on any atom is -0.475 e. The van der Waals surface area contributed by atoms with E-state index in [0.717, 1.165) is 6.42 Å². The van der Waals surface area contributed by atoms with Gasteiger partial charge in [-0.3, -0.25) is 19.3 Å². The number of ketones is 1. The predicted octanol–water partition coefficient (Wildman–Crippen LogP) is 2.86. The molecule has 4 unspecified atom stereocenters. The summed E-state index contributed by atoms with van der Waals surface area (Å²) in [4.78, 5) is 51.3. The number of amides is 2. The second-order valence-electron chi connectivity index (χ2n) is 8.37. The van der Waals surface area contributed by atoms with Crippen molar-refractivity contribution in [3.8, 4) is 0 Å². The van der Waals surface area contributed by atoms with Gasteiger partial charge in [-0.05, 0) is 30.2 Å². The Balaban J connectivity index is 0.000000364. The van der Waals surface area contributed by atoms with Gasteiger partial charge in [0.25, 0.3) is 0 Å². The fourth-order valence-electron chi connectivity index (χ4n) is 4.89.